The van der Waals surface area contributed by atoms with Crippen molar-refractivity contribution in [3.05, 3.63) is 134 Å². The minimum atomic E-state index is -2.43. The number of ketones is 3. The number of thiophene rings is 1. The molecule has 0 spiro atoms. The lowest BCUT2D eigenvalue weighted by molar-refractivity contribution is -0.265. The molecule has 4 aliphatic heterocycles. The van der Waals surface area contributed by atoms with E-state index >= 15 is 0 Å². The number of aromatic hydroxyl groups is 1. The standard InChI is InChI=1S/C53H83NO14.C25H22ClN5O2S.2H2O/c1-32-16-12-11-13-17-33(2)44(63-8)30-40-21-19-38(7)53(62,68-40)50(59)51(60)54-23-15-14-18-41(54)52(61)67-45(35(4)28-39-20-22-43(66-25-24-55)46(29-39)64-9)31-42(56)34(3)27-37(6)48(58)49(65-10)47(57)36(5)26-32;1-13-14(2)34-25-22(13)23(16-4-6-17(26)7-5-16)28-20(24-30-29-15(3)31(24)25)12-21(33)27-18-8-10-19(32)11-9-18;;/h11-13,16-17,27,32,34-36,38-41,43-46,48-49,55,58,62H,14-15,18-26,28-31H2,1-10H3;4-11,20,32H,12H2,1-3H3,(H,27,33);2*1H2/b13-11+,16-12+,33-17+,37-27+;;;/t32-,34-,35-,36-,38-,39+,40+,41+,43-,44+,45+,46-,48-,49+,53-;20-;;/m10../s1. The van der Waals surface area contributed by atoms with Crippen LogP contribution in [0.5, 0.6) is 5.75 Å². The van der Waals surface area contributed by atoms with Gasteiger partial charge in [0.15, 0.2) is 11.6 Å². The second-order valence-corrected chi connectivity index (χ2v) is 30.0. The van der Waals surface area contributed by atoms with Gasteiger partial charge >= 0.3 is 5.97 Å². The molecule has 2 bridgehead atoms. The van der Waals surface area contributed by atoms with Gasteiger partial charge in [0.25, 0.3) is 11.7 Å². The number of esters is 1. The summed E-state index contributed by atoms with van der Waals surface area (Å²) >= 11 is 7.82. The number of ether oxygens (including phenoxy) is 6. The highest BCUT2D eigenvalue weighted by Gasteiger charge is 2.53. The minimum Gasteiger partial charge on any atom is -0.508 e. The number of piperidine rings is 1. The molecule has 2 aromatic heterocycles. The van der Waals surface area contributed by atoms with Crippen molar-refractivity contribution in [1.82, 2.24) is 19.7 Å². The van der Waals surface area contributed by atoms with Crippen LogP contribution in [0.4, 0.5) is 5.69 Å². The first-order chi connectivity index (χ1) is 48.6. The van der Waals surface area contributed by atoms with Gasteiger partial charge in [-0.1, -0.05) is 94.8 Å². The van der Waals surface area contributed by atoms with E-state index in [2.05, 4.69) is 29.4 Å². The monoisotopic (exact) mass is 1480 g/mol. The Morgan fingerprint density at radius 2 is 1.55 bits per heavy atom. The molecule has 1 saturated carbocycles. The van der Waals surface area contributed by atoms with E-state index in [-0.39, 0.29) is 103 Å². The van der Waals surface area contributed by atoms with Gasteiger partial charge in [0.05, 0.1) is 49.8 Å². The number of anilines is 1. The molecule has 572 valence electrons. The average molecular weight is 1490 g/mol. The number of rotatable bonds is 13. The number of cyclic esters (lactones) is 1. The molecule has 26 heteroatoms. The number of amides is 2. The van der Waals surface area contributed by atoms with Crippen molar-refractivity contribution >= 4 is 69.5 Å². The largest absolute Gasteiger partial charge is 0.508 e. The number of aromatic nitrogens is 3. The number of methoxy groups -OCH3 is 3. The number of aliphatic imine (C=N–C) groups is 1. The molecule has 5 aliphatic rings. The zero-order valence-electron chi connectivity index (χ0n) is 62.3. The summed E-state index contributed by atoms with van der Waals surface area (Å²) in [6, 6.07) is 12.3. The number of hydrogen-bond acceptors (Lipinski definition) is 20. The first-order valence-electron chi connectivity index (χ1n) is 35.8. The Labute approximate surface area is 619 Å². The summed E-state index contributed by atoms with van der Waals surface area (Å²) in [4.78, 5) is 91.4. The molecular formula is C78H109ClN6O18S. The number of carbonyl (C=O) groups excluding carboxylic acids is 6. The first-order valence-corrected chi connectivity index (χ1v) is 37.0. The molecule has 3 fully saturated rings. The highest BCUT2D eigenvalue weighted by molar-refractivity contribution is 7.15. The van der Waals surface area contributed by atoms with Crippen LogP contribution in [-0.2, 0) is 57.2 Å². The summed E-state index contributed by atoms with van der Waals surface area (Å²) in [5.74, 6) is -6.66. The molecule has 2 aromatic carbocycles. The third-order valence-electron chi connectivity index (χ3n) is 20.8. The van der Waals surface area contributed by atoms with Crippen molar-refractivity contribution < 1.29 is 88.6 Å². The van der Waals surface area contributed by atoms with Gasteiger partial charge in [0, 0.05) is 85.2 Å². The smallest absolute Gasteiger partial charge is 0.329 e. The number of aliphatic hydroxyl groups is 3. The maximum Gasteiger partial charge on any atom is 0.329 e. The number of Topliss-reactive ketones (excluding diaryl/α,β-unsaturated/α-hetero) is 3. The number of nitrogens with one attached hydrogen (secondary N) is 1. The predicted molar refractivity (Wildman–Crippen MR) is 398 cm³/mol. The molecule has 2 saturated heterocycles. The number of benzene rings is 2. The van der Waals surface area contributed by atoms with Crippen molar-refractivity contribution in [2.75, 3.05) is 46.4 Å². The van der Waals surface area contributed by atoms with Crippen LogP contribution in [0.1, 0.15) is 171 Å². The summed E-state index contributed by atoms with van der Waals surface area (Å²) < 4.78 is 37.6. The van der Waals surface area contributed by atoms with Gasteiger partial charge in [-0.05, 0) is 170 Å². The fraction of sp³-hybridized carbons (Fsp3) is 0.577. The van der Waals surface area contributed by atoms with Gasteiger partial charge in [-0.3, -0.25) is 33.5 Å². The Bertz CT molecular complexity index is 3720. The maximum atomic E-state index is 14.5. The number of aliphatic hydroxyl groups excluding tert-OH is 2. The molecule has 24 nitrogen and oxygen atoms in total. The normalized spacial score (nSPS) is 30.4. The topological polar surface area (TPSA) is 360 Å². The summed E-state index contributed by atoms with van der Waals surface area (Å²) in [6.07, 6.45) is 12.1. The van der Waals surface area contributed by atoms with Crippen molar-refractivity contribution in [3.63, 3.8) is 0 Å². The molecule has 104 heavy (non-hydrogen) atoms. The van der Waals surface area contributed by atoms with E-state index in [1.165, 1.54) is 29.0 Å². The van der Waals surface area contributed by atoms with Crippen LogP contribution in [0.2, 0.25) is 5.02 Å². The van der Waals surface area contributed by atoms with E-state index in [0.29, 0.717) is 79.9 Å². The van der Waals surface area contributed by atoms with Crippen LogP contribution in [-0.4, -0.2) is 188 Å². The van der Waals surface area contributed by atoms with Gasteiger partial charge < -0.3 is 70.0 Å². The number of hydrogen-bond donors (Lipinski definition) is 5. The van der Waals surface area contributed by atoms with Crippen LogP contribution in [0.3, 0.4) is 0 Å². The van der Waals surface area contributed by atoms with Gasteiger partial charge in [-0.2, -0.15) is 0 Å². The number of allylic oxidation sites excluding steroid dienone is 6. The van der Waals surface area contributed by atoms with E-state index in [9.17, 15) is 49.2 Å². The number of phenols is 1. The van der Waals surface area contributed by atoms with Crippen LogP contribution < -0.4 is 5.32 Å². The second kappa shape index (κ2) is 39.6. The molecule has 16 atom stereocenters. The molecule has 4 aromatic rings. The Kier molecular flexibility index (Phi) is 32.7. The molecule has 9 rings (SSSR count). The second-order valence-electron chi connectivity index (χ2n) is 28.4. The van der Waals surface area contributed by atoms with Crippen LogP contribution in [0, 0.1) is 56.3 Å². The van der Waals surface area contributed by atoms with Crippen LogP contribution in [0.15, 0.2) is 101 Å². The lowest BCUT2D eigenvalue weighted by Gasteiger charge is -2.42. The van der Waals surface area contributed by atoms with E-state index < -0.39 is 83.8 Å². The van der Waals surface area contributed by atoms with E-state index in [0.717, 1.165) is 45.2 Å². The summed E-state index contributed by atoms with van der Waals surface area (Å²) in [7, 11) is 4.58. The number of aryl methyl sites for hydroxylation is 2. The van der Waals surface area contributed by atoms with Gasteiger partial charge in [0.1, 0.15) is 52.8 Å². The summed E-state index contributed by atoms with van der Waals surface area (Å²) in [5, 5.41) is 55.6. The SMILES string of the molecule is CO[C@H]1C[C@@H]2CC[C@@H](C)[C@@](O)(O2)C(=O)C(=O)N2CCCC[C@H]2C(=O)O[C@H]([C@H](C)C[C@@H]2CC[C@@H](OCCO)[C@H](OC)C2)CC(=O)[C@H](C)/C=C(\C)[C@@H](O)[C@@H](OC)C(=O)[C@H](C)C[C@H](C)/C=C/C=C/C=C/1C.Cc1sc2c(c1C)C(c1ccc(Cl)cc1)=N[C@@H](CC(=O)Nc1ccc(O)cc1)c1nnc(C)n1-2.O.O. The van der Waals surface area contributed by atoms with E-state index in [4.69, 9.17) is 45.0 Å². The maximum absolute atomic E-state index is 14.5. The van der Waals surface area contributed by atoms with Crippen molar-refractivity contribution in [1.29, 1.82) is 0 Å². The molecule has 6 heterocycles. The zero-order valence-corrected chi connectivity index (χ0v) is 63.8. The van der Waals surface area contributed by atoms with Crippen molar-refractivity contribution in [2.24, 2.45) is 40.5 Å². The van der Waals surface area contributed by atoms with Crippen molar-refractivity contribution in [2.45, 2.75) is 213 Å². The predicted octanol–water partition coefficient (Wildman–Crippen LogP) is 10.1. The number of fused-ring (bicyclic) bond motifs is 6. The Morgan fingerprint density at radius 3 is 2.22 bits per heavy atom. The quantitative estimate of drug-likeness (QED) is 0.0359. The molecule has 0 radical (unpaired) electrons. The molecule has 1 aliphatic carbocycles. The van der Waals surface area contributed by atoms with Gasteiger partial charge in [0.2, 0.25) is 11.7 Å². The van der Waals surface area contributed by atoms with Crippen molar-refractivity contribution in [3.8, 4) is 10.8 Å². The number of phenolic OH excluding ortho intramolecular Hbond substituents is 1. The molecule has 9 N–H and O–H groups in total. The number of carbonyl (C=O) groups is 6. The fourth-order valence-electron chi connectivity index (χ4n) is 14.6. The molecule has 0 unspecified atom stereocenters. The summed E-state index contributed by atoms with van der Waals surface area (Å²) in [6.45, 7) is 19.0. The van der Waals surface area contributed by atoms with Crippen LogP contribution >= 0.6 is 22.9 Å². The molecular weight excluding hydrogens is 1380 g/mol. The summed E-state index contributed by atoms with van der Waals surface area (Å²) in [5.41, 5.74) is 5.76. The number of halogens is 1. The Hall–Kier alpha value is -6.98. The lowest BCUT2D eigenvalue weighted by Crippen LogP contribution is -2.61. The molecule has 2 amide bonds. The minimum absolute atomic E-state index is 0. The highest BCUT2D eigenvalue weighted by atomic mass is 35.5. The van der Waals surface area contributed by atoms with E-state index in [1.54, 1.807) is 64.5 Å². The number of nitrogens with zero attached hydrogens (tertiary/aromatic N) is 5. The Morgan fingerprint density at radius 1 is 0.837 bits per heavy atom. The third kappa shape index (κ3) is 21.4. The average Bonchev–Trinajstić information content (AvgIpc) is 1.57. The van der Waals surface area contributed by atoms with Gasteiger partial charge in [-0.25, -0.2) is 4.79 Å². The van der Waals surface area contributed by atoms with Gasteiger partial charge in [-0.15, -0.1) is 21.5 Å². The first kappa shape index (κ1) is 85.9. The third-order valence-corrected chi connectivity index (χ3v) is 22.2. The van der Waals surface area contributed by atoms with E-state index in [1.807, 2.05) is 93.8 Å². The van der Waals surface area contributed by atoms with Crippen LogP contribution in [0.25, 0.3) is 5.00 Å². The lowest BCUT2D eigenvalue weighted by atomic mass is 9.78. The fourth-order valence-corrected chi connectivity index (χ4v) is 15.9. The zero-order chi connectivity index (χ0) is 74.3. The Balaban J connectivity index is 0.000000392. The highest BCUT2D eigenvalue weighted by Crippen LogP contribution is 2.42.